The minimum absolute atomic E-state index is 0.110. The zero-order chi connectivity index (χ0) is 26.9. The Hall–Kier alpha value is -1.64. The van der Waals surface area contributed by atoms with Crippen LogP contribution in [0.5, 0.6) is 0 Å². The van der Waals surface area contributed by atoms with E-state index in [1.54, 1.807) is 0 Å². The van der Waals surface area contributed by atoms with Crippen molar-refractivity contribution in [1.29, 1.82) is 0 Å². The molecule has 3 unspecified atom stereocenters. The fraction of sp³-hybridized carbons (Fsp3) is 0.548. The topological polar surface area (TPSA) is 40.5 Å². The fourth-order valence-electron chi connectivity index (χ4n) is 7.15. The van der Waals surface area contributed by atoms with Gasteiger partial charge in [-0.1, -0.05) is 60.6 Å². The summed E-state index contributed by atoms with van der Waals surface area (Å²) in [4.78, 5) is 19.0. The summed E-state index contributed by atoms with van der Waals surface area (Å²) in [5, 5.41) is 4.17. The number of aryl methyl sites for hydroxylation is 1. The number of benzene rings is 1. The number of fused-ring (bicyclic) bond motifs is 2. The summed E-state index contributed by atoms with van der Waals surface area (Å²) in [6.07, 6.45) is 11.6. The fourth-order valence-corrected chi connectivity index (χ4v) is 8.62. The summed E-state index contributed by atoms with van der Waals surface area (Å²) in [6.45, 7) is 5.72. The molecular formula is C31H39ClN4OS2. The lowest BCUT2D eigenvalue weighted by Gasteiger charge is -2.30. The van der Waals surface area contributed by atoms with Crippen LogP contribution in [-0.4, -0.2) is 63.4 Å². The van der Waals surface area contributed by atoms with Gasteiger partial charge in [-0.15, -0.1) is 0 Å². The van der Waals surface area contributed by atoms with Gasteiger partial charge in [-0.3, -0.25) is 9.69 Å². The third-order valence-electron chi connectivity index (χ3n) is 9.26. The Labute approximate surface area is 247 Å². The number of hydrogen-bond acceptors (Lipinski definition) is 5. The van der Waals surface area contributed by atoms with E-state index in [0.717, 1.165) is 82.6 Å². The number of thiocarbonyl (C=S) groups is 1. The number of nitrogens with one attached hydrogen (secondary N) is 1. The van der Waals surface area contributed by atoms with E-state index in [2.05, 4.69) is 46.1 Å². The molecule has 39 heavy (non-hydrogen) atoms. The summed E-state index contributed by atoms with van der Waals surface area (Å²) in [7, 11) is 2.11. The first kappa shape index (κ1) is 27.5. The van der Waals surface area contributed by atoms with Crippen LogP contribution in [0.3, 0.4) is 0 Å². The SMILES string of the molecule is Cn1c(-c2ccc(Cl)cc2)cc(CCCCCN2CCNCC2)c1/C=C1/SC(=S)N(C2CC3CCC2C3)C1=O. The molecule has 0 radical (unpaired) electrons. The van der Waals surface area contributed by atoms with Crippen LogP contribution in [0, 0.1) is 11.8 Å². The largest absolute Gasteiger partial charge is 0.344 e. The minimum Gasteiger partial charge on any atom is -0.344 e. The Morgan fingerprint density at radius 2 is 1.90 bits per heavy atom. The zero-order valence-corrected chi connectivity index (χ0v) is 25.2. The van der Waals surface area contributed by atoms with E-state index in [1.807, 2.05) is 17.0 Å². The molecule has 2 bridgehead atoms. The molecule has 3 heterocycles. The number of nitrogens with zero attached hydrogens (tertiary/aromatic N) is 3. The van der Waals surface area contributed by atoms with Crippen molar-refractivity contribution < 1.29 is 4.79 Å². The molecule has 8 heteroatoms. The first-order valence-electron chi connectivity index (χ1n) is 14.6. The van der Waals surface area contributed by atoms with Crippen LogP contribution < -0.4 is 5.32 Å². The summed E-state index contributed by atoms with van der Waals surface area (Å²) < 4.78 is 2.98. The second-order valence-electron chi connectivity index (χ2n) is 11.7. The highest BCUT2D eigenvalue weighted by molar-refractivity contribution is 8.26. The molecule has 1 amide bonds. The van der Waals surface area contributed by atoms with E-state index in [9.17, 15) is 4.79 Å². The van der Waals surface area contributed by atoms with Crippen LogP contribution in [0.15, 0.2) is 35.2 Å². The average Bonchev–Trinajstić information content (AvgIpc) is 3.70. The summed E-state index contributed by atoms with van der Waals surface area (Å²) in [6, 6.07) is 10.7. The van der Waals surface area contributed by atoms with Crippen LogP contribution >= 0.6 is 35.6 Å². The second-order valence-corrected chi connectivity index (χ2v) is 13.8. The molecule has 6 rings (SSSR count). The third kappa shape index (κ3) is 5.89. The number of halogens is 1. The van der Waals surface area contributed by atoms with Crippen LogP contribution in [0.25, 0.3) is 17.3 Å². The number of piperazine rings is 1. The number of hydrogen-bond donors (Lipinski definition) is 1. The van der Waals surface area contributed by atoms with Gasteiger partial charge in [0.15, 0.2) is 0 Å². The molecule has 2 saturated carbocycles. The predicted molar refractivity (Wildman–Crippen MR) is 167 cm³/mol. The predicted octanol–water partition coefficient (Wildman–Crippen LogP) is 6.35. The lowest BCUT2D eigenvalue weighted by atomic mass is 9.94. The standard InChI is InChI=1S/C31H39ClN4OS2/c1-34-26(22-8-10-25(32)11-9-22)19-23(5-3-2-4-14-35-15-12-33-13-16-35)27(34)20-29-30(37)36(31(38)39-29)28-18-21-6-7-24(28)17-21/h8-11,19-21,24,28,33H,2-7,12-18H2,1H3/b29-20+. The van der Waals surface area contributed by atoms with Crippen molar-refractivity contribution in [3.8, 4) is 11.3 Å². The van der Waals surface area contributed by atoms with Gasteiger partial charge in [0.1, 0.15) is 4.32 Å². The maximum atomic E-state index is 13.7. The molecule has 2 aliphatic carbocycles. The van der Waals surface area contributed by atoms with Crippen LogP contribution in [0.1, 0.15) is 56.2 Å². The molecule has 1 aromatic heterocycles. The quantitative estimate of drug-likeness (QED) is 0.212. The van der Waals surface area contributed by atoms with Gasteiger partial charge >= 0.3 is 0 Å². The molecule has 5 nitrogen and oxygen atoms in total. The molecular weight excluding hydrogens is 544 g/mol. The molecule has 2 aliphatic heterocycles. The van der Waals surface area contributed by atoms with Crippen LogP contribution in [0.4, 0.5) is 0 Å². The normalized spacial score (nSPS) is 26.5. The maximum absolute atomic E-state index is 13.7. The van der Waals surface area contributed by atoms with Gasteiger partial charge in [-0.25, -0.2) is 0 Å². The number of amides is 1. The van der Waals surface area contributed by atoms with Crippen LogP contribution in [0.2, 0.25) is 5.02 Å². The molecule has 4 aliphatic rings. The molecule has 208 valence electrons. The zero-order valence-electron chi connectivity index (χ0n) is 22.8. The Kier molecular flexibility index (Phi) is 8.52. The van der Waals surface area contributed by atoms with Gasteiger partial charge in [-0.05, 0) is 92.3 Å². The van der Waals surface area contributed by atoms with Crippen molar-refractivity contribution in [1.82, 2.24) is 19.7 Å². The Morgan fingerprint density at radius 3 is 2.62 bits per heavy atom. The third-order valence-corrected chi connectivity index (χ3v) is 10.8. The lowest BCUT2D eigenvalue weighted by Crippen LogP contribution is -2.43. The first-order chi connectivity index (χ1) is 19.0. The van der Waals surface area contributed by atoms with Gasteiger partial charge in [0.2, 0.25) is 0 Å². The van der Waals surface area contributed by atoms with Crippen molar-refractivity contribution >= 4 is 51.9 Å². The lowest BCUT2D eigenvalue weighted by molar-refractivity contribution is -0.124. The Morgan fingerprint density at radius 1 is 1.10 bits per heavy atom. The van der Waals surface area contributed by atoms with Crippen LogP contribution in [-0.2, 0) is 18.3 Å². The summed E-state index contributed by atoms with van der Waals surface area (Å²) >= 11 is 13.4. The molecule has 3 atom stereocenters. The highest BCUT2D eigenvalue weighted by atomic mass is 35.5. The van der Waals surface area contributed by atoms with Crippen molar-refractivity contribution in [2.75, 3.05) is 32.7 Å². The number of carbonyl (C=O) groups excluding carboxylic acids is 1. The van der Waals surface area contributed by atoms with Crippen molar-refractivity contribution in [2.24, 2.45) is 18.9 Å². The smallest absolute Gasteiger partial charge is 0.266 e. The molecule has 1 aromatic carbocycles. The summed E-state index contributed by atoms with van der Waals surface area (Å²) in [5.74, 6) is 1.51. The maximum Gasteiger partial charge on any atom is 0.266 e. The van der Waals surface area contributed by atoms with E-state index in [4.69, 9.17) is 23.8 Å². The van der Waals surface area contributed by atoms with Gasteiger partial charge < -0.3 is 14.8 Å². The van der Waals surface area contributed by atoms with E-state index < -0.39 is 0 Å². The molecule has 2 saturated heterocycles. The van der Waals surface area contributed by atoms with E-state index >= 15 is 0 Å². The molecule has 0 spiro atoms. The molecule has 1 N–H and O–H groups in total. The van der Waals surface area contributed by atoms with Gasteiger partial charge in [-0.2, -0.15) is 0 Å². The van der Waals surface area contributed by atoms with E-state index in [-0.39, 0.29) is 5.91 Å². The van der Waals surface area contributed by atoms with Gasteiger partial charge in [0, 0.05) is 55.7 Å². The average molecular weight is 583 g/mol. The number of unbranched alkanes of at least 4 members (excludes halogenated alkanes) is 2. The second kappa shape index (κ2) is 12.1. The minimum atomic E-state index is 0.110. The monoisotopic (exact) mass is 582 g/mol. The van der Waals surface area contributed by atoms with Gasteiger partial charge in [0.05, 0.1) is 4.91 Å². The van der Waals surface area contributed by atoms with Crippen molar-refractivity contribution in [3.63, 3.8) is 0 Å². The number of rotatable bonds is 9. The Bertz CT molecular complexity index is 1250. The number of carbonyl (C=O) groups is 1. The van der Waals surface area contributed by atoms with E-state index in [0.29, 0.717) is 12.0 Å². The first-order valence-corrected chi connectivity index (χ1v) is 16.2. The highest BCUT2D eigenvalue weighted by Crippen LogP contribution is 2.49. The number of aromatic nitrogens is 1. The highest BCUT2D eigenvalue weighted by Gasteiger charge is 2.48. The summed E-state index contributed by atoms with van der Waals surface area (Å²) in [5.41, 5.74) is 4.71. The van der Waals surface area contributed by atoms with Crippen molar-refractivity contribution in [2.45, 2.75) is 57.4 Å². The van der Waals surface area contributed by atoms with Crippen molar-refractivity contribution in [3.05, 3.63) is 51.5 Å². The molecule has 2 aromatic rings. The Balaban J connectivity index is 1.21. The number of thioether (sulfide) groups is 1. The van der Waals surface area contributed by atoms with E-state index in [1.165, 1.54) is 56.0 Å². The van der Waals surface area contributed by atoms with Gasteiger partial charge in [0.25, 0.3) is 5.91 Å². The molecule has 4 fully saturated rings.